The van der Waals surface area contributed by atoms with E-state index in [1.807, 2.05) is 12.1 Å². The Hall–Kier alpha value is -2.38. The molecule has 25 heavy (non-hydrogen) atoms. The van der Waals surface area contributed by atoms with Gasteiger partial charge in [-0.25, -0.2) is 9.97 Å². The van der Waals surface area contributed by atoms with Crippen LogP contribution in [0.15, 0.2) is 36.8 Å². The lowest BCUT2D eigenvalue weighted by Gasteiger charge is -2.35. The molecule has 0 bridgehead atoms. The Morgan fingerprint density at radius 2 is 1.96 bits per heavy atom. The monoisotopic (exact) mass is 361 g/mol. The van der Waals surface area contributed by atoms with Crippen LogP contribution in [0.25, 0.3) is 0 Å². The Morgan fingerprint density at radius 3 is 2.60 bits per heavy atom. The predicted molar refractivity (Wildman–Crippen MR) is 97.4 cm³/mol. The zero-order chi connectivity index (χ0) is 17.6. The Labute approximate surface area is 151 Å². The van der Waals surface area contributed by atoms with E-state index in [4.69, 9.17) is 16.3 Å². The fraction of sp³-hybridized carbons (Fsp3) is 0.353. The summed E-state index contributed by atoms with van der Waals surface area (Å²) in [7, 11) is 1.42. The van der Waals surface area contributed by atoms with Crippen molar-refractivity contribution >= 4 is 34.8 Å². The molecule has 1 aliphatic rings. The van der Waals surface area contributed by atoms with Gasteiger partial charge in [-0.15, -0.1) is 0 Å². The number of carbonyl (C=O) groups is 1. The Balaban J connectivity index is 1.56. The summed E-state index contributed by atoms with van der Waals surface area (Å²) < 4.78 is 4.72. The molecule has 0 aliphatic carbocycles. The lowest BCUT2D eigenvalue weighted by molar-refractivity contribution is -0.142. The molecule has 1 saturated heterocycles. The molecule has 2 heterocycles. The largest absolute Gasteiger partial charge is 0.468 e. The van der Waals surface area contributed by atoms with Crippen LogP contribution in [-0.2, 0) is 9.53 Å². The van der Waals surface area contributed by atoms with Gasteiger partial charge < -0.3 is 15.0 Å². The maximum Gasteiger partial charge on any atom is 0.319 e. The third-order valence-electron chi connectivity index (χ3n) is 4.12. The van der Waals surface area contributed by atoms with Crippen molar-refractivity contribution in [2.45, 2.75) is 0 Å². The van der Waals surface area contributed by atoms with Crippen molar-refractivity contribution in [3.63, 3.8) is 0 Å². The minimum atomic E-state index is -0.188. The van der Waals surface area contributed by atoms with Gasteiger partial charge in [0.15, 0.2) is 5.82 Å². The molecule has 0 unspecified atom stereocenters. The summed E-state index contributed by atoms with van der Waals surface area (Å²) in [5, 5.41) is 3.66. The average molecular weight is 362 g/mol. The first-order valence-electron chi connectivity index (χ1n) is 8.02. The summed E-state index contributed by atoms with van der Waals surface area (Å²) >= 11 is 6.05. The smallest absolute Gasteiger partial charge is 0.319 e. The summed E-state index contributed by atoms with van der Waals surface area (Å²) in [6, 6.07) is 8.12. The van der Waals surface area contributed by atoms with Crippen LogP contribution in [0.3, 0.4) is 0 Å². The number of carbonyl (C=O) groups excluding carboxylic acids is 1. The van der Waals surface area contributed by atoms with Gasteiger partial charge in [-0.2, -0.15) is 0 Å². The zero-order valence-electron chi connectivity index (χ0n) is 14.0. The highest BCUT2D eigenvalue weighted by Crippen LogP contribution is 2.24. The Kier molecular flexibility index (Phi) is 5.67. The molecule has 1 fully saturated rings. The summed E-state index contributed by atoms with van der Waals surface area (Å²) in [6.07, 6.45) is 3.01. The molecule has 1 N–H and O–H groups in total. The van der Waals surface area contributed by atoms with Crippen molar-refractivity contribution in [1.82, 2.24) is 14.9 Å². The SMILES string of the molecule is COC(=O)CN1CCN(c2ccc(Nc3ncncc3Cl)cc2)CC1. The number of hydrogen-bond donors (Lipinski definition) is 1. The molecule has 0 radical (unpaired) electrons. The molecule has 2 aromatic rings. The standard InChI is InChI=1S/C17H20ClN5O2/c1-25-16(24)11-22-6-8-23(9-7-22)14-4-2-13(3-5-14)21-17-15(18)10-19-12-20-17/h2-5,10,12H,6-9,11H2,1H3,(H,19,20,21). The number of hydrogen-bond acceptors (Lipinski definition) is 7. The van der Waals surface area contributed by atoms with Crippen LogP contribution in [0.5, 0.6) is 0 Å². The summed E-state index contributed by atoms with van der Waals surface area (Å²) in [4.78, 5) is 23.7. The lowest BCUT2D eigenvalue weighted by Crippen LogP contribution is -2.48. The minimum Gasteiger partial charge on any atom is -0.468 e. The second-order valence-electron chi connectivity index (χ2n) is 5.73. The van der Waals surface area contributed by atoms with Crippen LogP contribution >= 0.6 is 11.6 Å². The van der Waals surface area contributed by atoms with Crippen LogP contribution in [0.2, 0.25) is 5.02 Å². The van der Waals surface area contributed by atoms with Crippen molar-refractivity contribution in [2.24, 2.45) is 0 Å². The summed E-state index contributed by atoms with van der Waals surface area (Å²) in [5.74, 6) is 0.396. The van der Waals surface area contributed by atoms with Gasteiger partial charge in [-0.1, -0.05) is 11.6 Å². The number of piperazine rings is 1. The van der Waals surface area contributed by atoms with Gasteiger partial charge in [-0.05, 0) is 24.3 Å². The molecule has 7 nitrogen and oxygen atoms in total. The van der Waals surface area contributed by atoms with E-state index in [-0.39, 0.29) is 5.97 Å². The Morgan fingerprint density at radius 1 is 1.24 bits per heavy atom. The van der Waals surface area contributed by atoms with Gasteiger partial charge in [0, 0.05) is 37.6 Å². The fourth-order valence-electron chi connectivity index (χ4n) is 2.71. The first-order valence-corrected chi connectivity index (χ1v) is 8.40. The quantitative estimate of drug-likeness (QED) is 0.818. The number of methoxy groups -OCH3 is 1. The van der Waals surface area contributed by atoms with E-state index in [2.05, 4.69) is 37.2 Å². The first-order chi connectivity index (χ1) is 12.2. The van der Waals surface area contributed by atoms with E-state index in [9.17, 15) is 4.79 Å². The Bertz CT molecular complexity index is 717. The van der Waals surface area contributed by atoms with E-state index in [1.165, 1.54) is 13.4 Å². The zero-order valence-corrected chi connectivity index (χ0v) is 14.7. The number of halogens is 1. The van der Waals surface area contributed by atoms with Crippen LogP contribution in [0.4, 0.5) is 17.2 Å². The van der Waals surface area contributed by atoms with E-state index >= 15 is 0 Å². The predicted octanol–water partition coefficient (Wildman–Crippen LogP) is 2.17. The molecule has 1 aromatic heterocycles. The van der Waals surface area contributed by atoms with Gasteiger partial charge in [0.2, 0.25) is 0 Å². The first kappa shape index (κ1) is 17.4. The van der Waals surface area contributed by atoms with Crippen LogP contribution < -0.4 is 10.2 Å². The van der Waals surface area contributed by atoms with Crippen molar-refractivity contribution < 1.29 is 9.53 Å². The van der Waals surface area contributed by atoms with E-state index in [0.29, 0.717) is 17.4 Å². The highest BCUT2D eigenvalue weighted by Gasteiger charge is 2.19. The minimum absolute atomic E-state index is 0.188. The molecule has 8 heteroatoms. The summed E-state index contributed by atoms with van der Waals surface area (Å²) in [5.41, 5.74) is 2.06. The topological polar surface area (TPSA) is 70.6 Å². The second-order valence-corrected chi connectivity index (χ2v) is 6.14. The lowest BCUT2D eigenvalue weighted by atomic mass is 10.2. The number of benzene rings is 1. The van der Waals surface area contributed by atoms with Crippen molar-refractivity contribution in [3.8, 4) is 0 Å². The number of aromatic nitrogens is 2. The number of esters is 1. The van der Waals surface area contributed by atoms with Crippen molar-refractivity contribution in [2.75, 3.05) is 50.1 Å². The third kappa shape index (κ3) is 4.58. The molecule has 132 valence electrons. The molecular weight excluding hydrogens is 342 g/mol. The number of nitrogens with one attached hydrogen (secondary N) is 1. The maximum absolute atomic E-state index is 11.3. The van der Waals surface area contributed by atoms with Crippen LogP contribution in [-0.4, -0.2) is 60.7 Å². The molecular formula is C17H20ClN5O2. The van der Waals surface area contributed by atoms with Gasteiger partial charge in [0.05, 0.1) is 19.9 Å². The van der Waals surface area contributed by atoms with E-state index in [0.717, 1.165) is 37.6 Å². The molecule has 0 atom stereocenters. The van der Waals surface area contributed by atoms with Crippen molar-refractivity contribution in [1.29, 1.82) is 0 Å². The van der Waals surface area contributed by atoms with Gasteiger partial charge in [0.25, 0.3) is 0 Å². The fourth-order valence-corrected chi connectivity index (χ4v) is 2.86. The number of nitrogens with zero attached hydrogens (tertiary/aromatic N) is 4. The van der Waals surface area contributed by atoms with E-state index in [1.54, 1.807) is 6.20 Å². The molecule has 0 spiro atoms. The number of rotatable bonds is 5. The molecule has 0 saturated carbocycles. The van der Waals surface area contributed by atoms with Crippen LogP contribution in [0.1, 0.15) is 0 Å². The highest BCUT2D eigenvalue weighted by atomic mass is 35.5. The van der Waals surface area contributed by atoms with Gasteiger partial charge in [-0.3, -0.25) is 9.69 Å². The molecule has 1 aliphatic heterocycles. The third-order valence-corrected chi connectivity index (χ3v) is 4.39. The number of ether oxygens (including phenoxy) is 1. The molecule has 3 rings (SSSR count). The highest BCUT2D eigenvalue weighted by molar-refractivity contribution is 6.32. The van der Waals surface area contributed by atoms with Gasteiger partial charge in [0.1, 0.15) is 11.3 Å². The average Bonchev–Trinajstić information content (AvgIpc) is 2.65. The normalized spacial score (nSPS) is 15.0. The van der Waals surface area contributed by atoms with E-state index < -0.39 is 0 Å². The number of anilines is 3. The van der Waals surface area contributed by atoms with Crippen molar-refractivity contribution in [3.05, 3.63) is 41.8 Å². The summed E-state index contributed by atoms with van der Waals surface area (Å²) in [6.45, 7) is 3.78. The van der Waals surface area contributed by atoms with Gasteiger partial charge >= 0.3 is 5.97 Å². The second kappa shape index (κ2) is 8.13. The molecule has 1 aromatic carbocycles. The maximum atomic E-state index is 11.3. The molecule has 0 amide bonds. The van der Waals surface area contributed by atoms with Crippen LogP contribution in [0, 0.1) is 0 Å².